The summed E-state index contributed by atoms with van der Waals surface area (Å²) in [5.41, 5.74) is 13.3. The molecule has 226 valence electrons. The van der Waals surface area contributed by atoms with Crippen molar-refractivity contribution in [3.8, 4) is 0 Å². The molecular formula is C30H28N6O6S2. The molecule has 0 bridgehead atoms. The number of anilines is 2. The van der Waals surface area contributed by atoms with Crippen LogP contribution in [0.4, 0.5) is 21.0 Å². The van der Waals surface area contributed by atoms with Gasteiger partial charge in [0.15, 0.2) is 10.7 Å². The minimum atomic E-state index is -0.945. The number of carbonyl (C=O) groups excluding carboxylic acids is 6. The van der Waals surface area contributed by atoms with Crippen LogP contribution < -0.4 is 21.3 Å². The molecule has 0 saturated carbocycles. The highest BCUT2D eigenvalue weighted by atomic mass is 32.2. The van der Waals surface area contributed by atoms with Crippen LogP contribution in [0.3, 0.4) is 0 Å². The Labute approximate surface area is 261 Å². The van der Waals surface area contributed by atoms with Crippen LogP contribution >= 0.6 is 23.5 Å². The first kappa shape index (κ1) is 30.6. The first-order valence-electron chi connectivity index (χ1n) is 13.4. The molecule has 12 nitrogen and oxygen atoms in total. The number of nitrogens with zero attached hydrogens (tertiary/aromatic N) is 4. The van der Waals surface area contributed by atoms with E-state index in [0.717, 1.165) is 33.3 Å². The number of amides is 6. The van der Waals surface area contributed by atoms with Crippen molar-refractivity contribution in [1.29, 1.82) is 0 Å². The molecule has 0 aromatic heterocycles. The van der Waals surface area contributed by atoms with E-state index in [2.05, 4.69) is 0 Å². The molecule has 2 saturated heterocycles. The zero-order valence-corrected chi connectivity index (χ0v) is 24.9. The number of para-hydroxylation sites is 2. The summed E-state index contributed by atoms with van der Waals surface area (Å²) in [6.45, 7) is -0.470. The Hall–Kier alpha value is -4.82. The molecule has 2 atom stereocenters. The van der Waals surface area contributed by atoms with Crippen LogP contribution in [0.15, 0.2) is 84.9 Å². The number of thioether (sulfide) groups is 2. The van der Waals surface area contributed by atoms with Gasteiger partial charge >= 0.3 is 0 Å². The second-order valence-corrected chi connectivity index (χ2v) is 12.1. The SMILES string of the molecule is NC(=O)CN(c1ccccc1)[C@@H]1SC(=O)N(Cc2ccc(CN3C(=O)S[C@H](N(CC(N)=O)c4ccccc4)C3=O)cc2)C1=O. The Morgan fingerprint density at radius 3 is 1.25 bits per heavy atom. The summed E-state index contributed by atoms with van der Waals surface area (Å²) in [7, 11) is 0. The number of hydrogen-bond acceptors (Lipinski definition) is 10. The van der Waals surface area contributed by atoms with E-state index in [9.17, 15) is 28.8 Å². The van der Waals surface area contributed by atoms with Gasteiger partial charge in [0, 0.05) is 11.4 Å². The first-order chi connectivity index (χ1) is 21.1. The second-order valence-electron chi connectivity index (χ2n) is 10.00. The molecule has 5 rings (SSSR count). The standard InChI is InChI=1S/C30H28N6O6S2/c31-23(37)17-33(21-7-3-1-4-8-21)27-25(39)35(29(41)43-27)15-19-11-13-20(14-12-19)16-36-26(40)28(44-30(36)42)34(18-24(32)38)22-9-5-2-6-10-22/h1-14,27-28H,15-18H2,(H2,31,37)(H2,32,38)/t27-,28+. The van der Waals surface area contributed by atoms with Crippen molar-refractivity contribution in [3.63, 3.8) is 0 Å². The third-order valence-corrected chi connectivity index (χ3v) is 9.12. The van der Waals surface area contributed by atoms with Gasteiger partial charge in [-0.3, -0.25) is 38.6 Å². The van der Waals surface area contributed by atoms with E-state index in [1.165, 1.54) is 9.80 Å². The average molecular weight is 633 g/mol. The largest absolute Gasteiger partial charge is 0.368 e. The van der Waals surface area contributed by atoms with Crippen molar-refractivity contribution in [2.45, 2.75) is 23.8 Å². The Bertz CT molecular complexity index is 1470. The quantitative estimate of drug-likeness (QED) is 0.303. The van der Waals surface area contributed by atoms with E-state index < -0.39 is 44.9 Å². The van der Waals surface area contributed by atoms with Gasteiger partial charge in [0.1, 0.15) is 0 Å². The van der Waals surface area contributed by atoms with E-state index in [0.29, 0.717) is 22.5 Å². The topological polar surface area (TPSA) is 167 Å². The molecule has 0 radical (unpaired) electrons. The monoisotopic (exact) mass is 632 g/mol. The van der Waals surface area contributed by atoms with Crippen LogP contribution in [-0.2, 0) is 32.3 Å². The fraction of sp³-hybridized carbons (Fsp3) is 0.200. The molecular weight excluding hydrogens is 605 g/mol. The minimum absolute atomic E-state index is 0.000692. The molecule has 14 heteroatoms. The van der Waals surface area contributed by atoms with Gasteiger partial charge in [0.05, 0.1) is 26.2 Å². The lowest BCUT2D eigenvalue weighted by atomic mass is 10.1. The molecule has 0 spiro atoms. The maximum absolute atomic E-state index is 13.3. The zero-order chi connectivity index (χ0) is 31.4. The number of carbonyl (C=O) groups is 6. The van der Waals surface area contributed by atoms with Crippen LogP contribution in [0.5, 0.6) is 0 Å². The van der Waals surface area contributed by atoms with Crippen molar-refractivity contribution >= 4 is 69.0 Å². The zero-order valence-electron chi connectivity index (χ0n) is 23.3. The average Bonchev–Trinajstić information content (AvgIpc) is 3.45. The number of hydrogen-bond donors (Lipinski definition) is 2. The Morgan fingerprint density at radius 1 is 0.591 bits per heavy atom. The first-order valence-corrected chi connectivity index (χ1v) is 15.2. The second kappa shape index (κ2) is 13.2. The fourth-order valence-corrected chi connectivity index (χ4v) is 6.90. The lowest BCUT2D eigenvalue weighted by molar-refractivity contribution is -0.128. The maximum Gasteiger partial charge on any atom is 0.291 e. The van der Waals surface area contributed by atoms with Crippen LogP contribution in [0.2, 0.25) is 0 Å². The van der Waals surface area contributed by atoms with Crippen LogP contribution in [-0.4, -0.2) is 67.7 Å². The smallest absolute Gasteiger partial charge is 0.291 e. The Kier molecular flexibility index (Phi) is 9.20. The van der Waals surface area contributed by atoms with Crippen LogP contribution in [0.25, 0.3) is 0 Å². The summed E-state index contributed by atoms with van der Waals surface area (Å²) in [4.78, 5) is 81.1. The molecule has 0 aliphatic carbocycles. The minimum Gasteiger partial charge on any atom is -0.368 e. The van der Waals surface area contributed by atoms with Crippen molar-refractivity contribution in [1.82, 2.24) is 9.80 Å². The molecule has 0 unspecified atom stereocenters. The Morgan fingerprint density at radius 2 is 0.932 bits per heavy atom. The van der Waals surface area contributed by atoms with Crippen molar-refractivity contribution in [3.05, 3.63) is 96.1 Å². The molecule has 3 aromatic rings. The summed E-state index contributed by atoms with van der Waals surface area (Å²) in [6.07, 6.45) is 0. The van der Waals surface area contributed by atoms with Gasteiger partial charge in [0.25, 0.3) is 22.3 Å². The molecule has 2 aliphatic rings. The third kappa shape index (κ3) is 6.71. The van der Waals surface area contributed by atoms with Crippen molar-refractivity contribution in [2.75, 3.05) is 22.9 Å². The predicted octanol–water partition coefficient (Wildman–Crippen LogP) is 2.71. The molecule has 6 amide bonds. The van der Waals surface area contributed by atoms with Crippen molar-refractivity contribution < 1.29 is 28.8 Å². The highest BCUT2D eigenvalue weighted by molar-refractivity contribution is 8.15. The highest BCUT2D eigenvalue weighted by Crippen LogP contribution is 2.35. The molecule has 3 aromatic carbocycles. The van der Waals surface area contributed by atoms with E-state index in [4.69, 9.17) is 11.5 Å². The fourth-order valence-electron chi connectivity index (χ4n) is 4.85. The van der Waals surface area contributed by atoms with Gasteiger partial charge in [0.2, 0.25) is 11.8 Å². The lowest BCUT2D eigenvalue weighted by Gasteiger charge is -2.27. The number of nitrogens with two attached hydrogens (primary N) is 2. The van der Waals surface area contributed by atoms with Gasteiger partial charge < -0.3 is 21.3 Å². The molecule has 44 heavy (non-hydrogen) atoms. The Balaban J connectivity index is 1.25. The summed E-state index contributed by atoms with van der Waals surface area (Å²) in [6, 6.07) is 24.4. The molecule has 2 fully saturated rings. The summed E-state index contributed by atoms with van der Waals surface area (Å²) in [5, 5.41) is -2.80. The highest BCUT2D eigenvalue weighted by Gasteiger charge is 2.45. The number of primary amides is 2. The molecule has 2 aliphatic heterocycles. The summed E-state index contributed by atoms with van der Waals surface area (Å²) in [5.74, 6) is -2.21. The van der Waals surface area contributed by atoms with Gasteiger partial charge in [-0.25, -0.2) is 0 Å². The number of rotatable bonds is 12. The van der Waals surface area contributed by atoms with E-state index >= 15 is 0 Å². The maximum atomic E-state index is 13.3. The number of benzene rings is 3. The summed E-state index contributed by atoms with van der Waals surface area (Å²) >= 11 is 1.63. The van der Waals surface area contributed by atoms with Gasteiger partial charge in [-0.2, -0.15) is 0 Å². The van der Waals surface area contributed by atoms with Gasteiger partial charge in [-0.05, 0) is 58.9 Å². The van der Waals surface area contributed by atoms with Crippen LogP contribution in [0, 0.1) is 0 Å². The summed E-state index contributed by atoms with van der Waals surface area (Å²) < 4.78 is 0. The van der Waals surface area contributed by atoms with E-state index in [1.54, 1.807) is 84.9 Å². The van der Waals surface area contributed by atoms with E-state index in [-0.39, 0.29) is 26.2 Å². The van der Waals surface area contributed by atoms with E-state index in [1.807, 2.05) is 0 Å². The molecule has 4 N–H and O–H groups in total. The van der Waals surface area contributed by atoms with Gasteiger partial charge in [-0.15, -0.1) is 0 Å². The molecule has 2 heterocycles. The normalized spacial score (nSPS) is 18.2. The van der Waals surface area contributed by atoms with Crippen molar-refractivity contribution in [2.24, 2.45) is 11.5 Å². The van der Waals surface area contributed by atoms with Gasteiger partial charge in [-0.1, -0.05) is 60.7 Å². The lowest BCUT2D eigenvalue weighted by Crippen LogP contribution is -2.45. The van der Waals surface area contributed by atoms with Crippen LogP contribution in [0.1, 0.15) is 11.1 Å². The third-order valence-electron chi connectivity index (χ3n) is 6.92. The number of imide groups is 2. The predicted molar refractivity (Wildman–Crippen MR) is 167 cm³/mol.